The van der Waals surface area contributed by atoms with Gasteiger partial charge >= 0.3 is 0 Å². The fraction of sp³-hybridized carbons (Fsp3) is 0.750. The van der Waals surface area contributed by atoms with Gasteiger partial charge in [0.1, 0.15) is 5.15 Å². The molecule has 0 aromatic carbocycles. The molecule has 2 rings (SSSR count). The second-order valence-electron chi connectivity index (χ2n) is 4.95. The van der Waals surface area contributed by atoms with Crippen LogP contribution in [0, 0.1) is 5.41 Å². The fourth-order valence-electron chi connectivity index (χ4n) is 2.08. The number of halogens is 1. The van der Waals surface area contributed by atoms with Gasteiger partial charge in [-0.05, 0) is 19.3 Å². The molecule has 2 N–H and O–H groups in total. The summed E-state index contributed by atoms with van der Waals surface area (Å²) in [6.07, 6.45) is 3.14. The first kappa shape index (κ1) is 12.9. The molecule has 96 valence electrons. The Balaban J connectivity index is 1.94. The number of aryl methyl sites for hydroxylation is 2. The van der Waals surface area contributed by atoms with Crippen molar-refractivity contribution in [3.63, 3.8) is 0 Å². The maximum absolute atomic E-state index is 9.23. The number of aliphatic hydroxyl groups is 1. The first-order valence-electron chi connectivity index (χ1n) is 6.14. The molecule has 0 bridgehead atoms. The third kappa shape index (κ3) is 2.64. The van der Waals surface area contributed by atoms with E-state index in [0.29, 0.717) is 5.15 Å². The summed E-state index contributed by atoms with van der Waals surface area (Å²) in [6.45, 7) is 3.95. The molecule has 1 aliphatic rings. The molecule has 1 aromatic rings. The summed E-state index contributed by atoms with van der Waals surface area (Å²) < 4.78 is 1.72. The highest BCUT2D eigenvalue weighted by molar-refractivity contribution is 6.30. The largest absolute Gasteiger partial charge is 0.396 e. The lowest BCUT2D eigenvalue weighted by Gasteiger charge is -2.12. The van der Waals surface area contributed by atoms with Gasteiger partial charge in [-0.1, -0.05) is 18.5 Å². The zero-order valence-corrected chi connectivity index (χ0v) is 11.2. The highest BCUT2D eigenvalue weighted by Gasteiger charge is 2.41. The van der Waals surface area contributed by atoms with Crippen molar-refractivity contribution < 1.29 is 5.11 Å². The summed E-state index contributed by atoms with van der Waals surface area (Å²) in [7, 11) is 1.86. The maximum atomic E-state index is 9.23. The minimum atomic E-state index is 0.140. The van der Waals surface area contributed by atoms with E-state index in [1.54, 1.807) is 4.68 Å². The smallest absolute Gasteiger partial charge is 0.131 e. The number of nitrogens with one attached hydrogen (secondary N) is 1. The highest BCUT2D eigenvalue weighted by Crippen LogP contribution is 2.44. The van der Waals surface area contributed by atoms with E-state index in [4.69, 9.17) is 11.6 Å². The molecule has 0 amide bonds. The molecule has 1 aromatic heterocycles. The Bertz CT molecular complexity index is 399. The van der Waals surface area contributed by atoms with Crippen LogP contribution in [0.1, 0.15) is 31.0 Å². The van der Waals surface area contributed by atoms with Gasteiger partial charge in [-0.3, -0.25) is 4.68 Å². The number of aliphatic hydroxyl groups excluding tert-OH is 1. The molecule has 0 radical (unpaired) electrons. The first-order valence-corrected chi connectivity index (χ1v) is 6.51. The van der Waals surface area contributed by atoms with E-state index in [-0.39, 0.29) is 12.0 Å². The molecule has 1 saturated carbocycles. The zero-order chi connectivity index (χ0) is 12.5. The number of nitrogens with zero attached hydrogens (tertiary/aromatic N) is 2. The molecule has 1 aliphatic carbocycles. The topological polar surface area (TPSA) is 50.1 Å². The van der Waals surface area contributed by atoms with E-state index in [1.807, 2.05) is 7.05 Å². The predicted octanol–water partition coefficient (Wildman–Crippen LogP) is 1.50. The van der Waals surface area contributed by atoms with Gasteiger partial charge in [-0.2, -0.15) is 5.10 Å². The van der Waals surface area contributed by atoms with E-state index in [9.17, 15) is 5.11 Å². The van der Waals surface area contributed by atoms with Crippen molar-refractivity contribution in [1.82, 2.24) is 15.1 Å². The molecule has 17 heavy (non-hydrogen) atoms. The van der Waals surface area contributed by atoms with Gasteiger partial charge in [0, 0.05) is 37.7 Å². The molecule has 0 unspecified atom stereocenters. The Morgan fingerprint density at radius 3 is 2.76 bits per heavy atom. The van der Waals surface area contributed by atoms with Crippen LogP contribution in [0.5, 0.6) is 0 Å². The molecule has 1 heterocycles. The Kier molecular flexibility index (Phi) is 3.76. The molecule has 1 fully saturated rings. The van der Waals surface area contributed by atoms with Crippen LogP contribution in [-0.4, -0.2) is 28.0 Å². The molecule has 0 atom stereocenters. The van der Waals surface area contributed by atoms with Crippen LogP contribution >= 0.6 is 11.6 Å². The van der Waals surface area contributed by atoms with Crippen molar-refractivity contribution in [2.24, 2.45) is 12.5 Å². The summed E-state index contributed by atoms with van der Waals surface area (Å²) in [5.41, 5.74) is 2.28. The first-order chi connectivity index (χ1) is 8.12. The Hall–Kier alpha value is -0.580. The SMILES string of the molecule is CCc1nn(C)c(Cl)c1CNCC1(CO)CC1. The molecular weight excluding hydrogens is 238 g/mol. The molecule has 0 spiro atoms. The second-order valence-corrected chi connectivity index (χ2v) is 5.31. The van der Waals surface area contributed by atoms with Crippen molar-refractivity contribution in [2.75, 3.05) is 13.2 Å². The van der Waals surface area contributed by atoms with Gasteiger partial charge < -0.3 is 10.4 Å². The van der Waals surface area contributed by atoms with Gasteiger partial charge in [-0.25, -0.2) is 0 Å². The lowest BCUT2D eigenvalue weighted by atomic mass is 10.1. The van der Waals surface area contributed by atoms with Crippen molar-refractivity contribution in [1.29, 1.82) is 0 Å². The predicted molar refractivity (Wildman–Crippen MR) is 68.1 cm³/mol. The average Bonchev–Trinajstić information content (AvgIpc) is 3.06. The second kappa shape index (κ2) is 4.96. The molecule has 0 saturated heterocycles. The summed E-state index contributed by atoms with van der Waals surface area (Å²) in [6, 6.07) is 0. The van der Waals surface area contributed by atoms with E-state index in [2.05, 4.69) is 17.3 Å². The number of rotatable bonds is 6. The van der Waals surface area contributed by atoms with E-state index in [1.165, 1.54) is 0 Å². The monoisotopic (exact) mass is 257 g/mol. The van der Waals surface area contributed by atoms with Crippen molar-refractivity contribution in [3.8, 4) is 0 Å². The third-order valence-electron chi connectivity index (χ3n) is 3.58. The molecule has 4 nitrogen and oxygen atoms in total. The van der Waals surface area contributed by atoms with Crippen molar-refractivity contribution in [2.45, 2.75) is 32.7 Å². The van der Waals surface area contributed by atoms with Crippen molar-refractivity contribution >= 4 is 11.6 Å². The van der Waals surface area contributed by atoms with Crippen LogP contribution in [0.4, 0.5) is 0 Å². The van der Waals surface area contributed by atoms with E-state index < -0.39 is 0 Å². The van der Waals surface area contributed by atoms with Crippen molar-refractivity contribution in [3.05, 3.63) is 16.4 Å². The summed E-state index contributed by atoms with van der Waals surface area (Å²) in [5, 5.41) is 17.7. The normalized spacial score (nSPS) is 17.4. The van der Waals surface area contributed by atoms with Gasteiger partial charge in [0.25, 0.3) is 0 Å². The standard InChI is InChI=1S/C12H20ClN3O/c1-3-10-9(11(13)16(2)15-10)6-14-7-12(8-17)4-5-12/h14,17H,3-8H2,1-2H3. The summed E-state index contributed by atoms with van der Waals surface area (Å²) in [5.74, 6) is 0. The number of hydrogen-bond donors (Lipinski definition) is 2. The quantitative estimate of drug-likeness (QED) is 0.812. The Labute approximate surface area is 107 Å². The summed E-state index contributed by atoms with van der Waals surface area (Å²) in [4.78, 5) is 0. The molecule has 0 aliphatic heterocycles. The van der Waals surface area contributed by atoms with Crippen LogP contribution in [-0.2, 0) is 20.0 Å². The van der Waals surface area contributed by atoms with Crippen LogP contribution in [0.25, 0.3) is 0 Å². The van der Waals surface area contributed by atoms with Gasteiger partial charge in [0.05, 0.1) is 5.69 Å². The molecular formula is C12H20ClN3O. The highest BCUT2D eigenvalue weighted by atomic mass is 35.5. The minimum Gasteiger partial charge on any atom is -0.396 e. The minimum absolute atomic E-state index is 0.140. The third-order valence-corrected chi connectivity index (χ3v) is 4.05. The summed E-state index contributed by atoms with van der Waals surface area (Å²) >= 11 is 6.20. The van der Waals surface area contributed by atoms with Crippen LogP contribution in [0.15, 0.2) is 0 Å². The van der Waals surface area contributed by atoms with Gasteiger partial charge in [-0.15, -0.1) is 0 Å². The maximum Gasteiger partial charge on any atom is 0.131 e. The van der Waals surface area contributed by atoms with E-state index in [0.717, 1.165) is 43.6 Å². The van der Waals surface area contributed by atoms with Gasteiger partial charge in [0.15, 0.2) is 0 Å². The Morgan fingerprint density at radius 1 is 1.53 bits per heavy atom. The number of aromatic nitrogens is 2. The fourth-order valence-corrected chi connectivity index (χ4v) is 2.29. The average molecular weight is 258 g/mol. The van der Waals surface area contributed by atoms with Crippen LogP contribution < -0.4 is 5.32 Å². The molecule has 5 heteroatoms. The lowest BCUT2D eigenvalue weighted by Crippen LogP contribution is -2.26. The zero-order valence-electron chi connectivity index (χ0n) is 10.5. The van der Waals surface area contributed by atoms with Crippen LogP contribution in [0.2, 0.25) is 5.15 Å². The number of hydrogen-bond acceptors (Lipinski definition) is 3. The van der Waals surface area contributed by atoms with E-state index >= 15 is 0 Å². The lowest BCUT2D eigenvalue weighted by molar-refractivity contribution is 0.207. The van der Waals surface area contributed by atoms with Gasteiger partial charge in [0.2, 0.25) is 0 Å². The Morgan fingerprint density at radius 2 is 2.24 bits per heavy atom. The van der Waals surface area contributed by atoms with Crippen LogP contribution in [0.3, 0.4) is 0 Å².